The van der Waals surface area contributed by atoms with Crippen molar-refractivity contribution in [2.45, 2.75) is 83.1 Å². The van der Waals surface area contributed by atoms with Gasteiger partial charge < -0.3 is 30.9 Å². The predicted octanol–water partition coefficient (Wildman–Crippen LogP) is 4.00. The highest BCUT2D eigenvalue weighted by Crippen LogP contribution is 2.25. The van der Waals surface area contributed by atoms with Crippen molar-refractivity contribution < 1.29 is 23.9 Å². The minimum absolute atomic E-state index is 0.166. The van der Waals surface area contributed by atoms with Gasteiger partial charge in [-0.1, -0.05) is 93.6 Å². The summed E-state index contributed by atoms with van der Waals surface area (Å²) >= 11 is 0. The summed E-state index contributed by atoms with van der Waals surface area (Å²) in [6, 6.07) is 23.3. The maximum absolute atomic E-state index is 14.4. The molecule has 1 saturated heterocycles. The highest BCUT2D eigenvalue weighted by Gasteiger charge is 2.41. The molecule has 6 rings (SSSR count). The molecule has 1 fully saturated rings. The number of ether oxygens (including phenoxy) is 1. The summed E-state index contributed by atoms with van der Waals surface area (Å²) in [7, 11) is 1.74. The number of nitrogens with one attached hydrogen (secondary N) is 4. The number of likely N-dealkylation sites (N-methyl/N-ethyl adjacent to an activating group) is 1. The number of likely N-dealkylation sites (tertiary alicyclic amines) is 1. The number of nitrogens with zero attached hydrogens (tertiary/aromatic N) is 1. The van der Waals surface area contributed by atoms with E-state index < -0.39 is 42.1 Å². The van der Waals surface area contributed by atoms with Crippen molar-refractivity contribution in [3.63, 3.8) is 0 Å². The van der Waals surface area contributed by atoms with Crippen molar-refractivity contribution in [3.05, 3.63) is 108 Å². The van der Waals surface area contributed by atoms with Crippen LogP contribution in [0.25, 0.3) is 5.57 Å². The van der Waals surface area contributed by atoms with E-state index in [4.69, 9.17) is 4.74 Å². The average molecular weight is 680 g/mol. The molecule has 0 aromatic heterocycles. The number of carbonyl (C=O) groups is 4. The smallest absolute Gasteiger partial charge is 0.247 e. The Morgan fingerprint density at radius 1 is 0.920 bits per heavy atom. The van der Waals surface area contributed by atoms with Gasteiger partial charge in [0.1, 0.15) is 30.0 Å². The van der Waals surface area contributed by atoms with E-state index in [1.165, 1.54) is 0 Å². The molecule has 3 aliphatic rings. The van der Waals surface area contributed by atoms with E-state index in [0.717, 1.165) is 22.3 Å². The number of allylic oxidation sites excluding steroid dienone is 1. The quantitative estimate of drug-likeness (QED) is 0.257. The van der Waals surface area contributed by atoms with Crippen LogP contribution in [0.4, 0.5) is 0 Å². The first-order valence-electron chi connectivity index (χ1n) is 17.6. The lowest BCUT2D eigenvalue weighted by Gasteiger charge is -2.34. The van der Waals surface area contributed by atoms with Gasteiger partial charge in [0.15, 0.2) is 0 Å². The zero-order chi connectivity index (χ0) is 35.6. The molecular formula is C40H49N5O5. The Labute approximate surface area is 295 Å². The van der Waals surface area contributed by atoms with Gasteiger partial charge in [-0.25, -0.2) is 0 Å². The van der Waals surface area contributed by atoms with Crippen LogP contribution in [0.2, 0.25) is 0 Å². The molecule has 3 heterocycles. The van der Waals surface area contributed by atoms with Crippen molar-refractivity contribution in [1.29, 1.82) is 0 Å². The van der Waals surface area contributed by atoms with Gasteiger partial charge in [-0.05, 0) is 73.0 Å². The van der Waals surface area contributed by atoms with E-state index in [0.29, 0.717) is 38.0 Å². The third-order valence-corrected chi connectivity index (χ3v) is 9.52. The molecule has 4 N–H and O–H groups in total. The van der Waals surface area contributed by atoms with E-state index in [-0.39, 0.29) is 24.2 Å². The van der Waals surface area contributed by atoms with Gasteiger partial charge >= 0.3 is 0 Å². The minimum Gasteiger partial charge on any atom is -0.487 e. The molecule has 0 unspecified atom stereocenters. The second kappa shape index (κ2) is 17.1. The molecule has 3 aromatic carbocycles. The van der Waals surface area contributed by atoms with Crippen LogP contribution in [0.5, 0.6) is 5.75 Å². The fourth-order valence-corrected chi connectivity index (χ4v) is 6.67. The summed E-state index contributed by atoms with van der Waals surface area (Å²) in [6.07, 6.45) is 3.43. The number of amides is 4. The third kappa shape index (κ3) is 8.98. The third-order valence-electron chi connectivity index (χ3n) is 9.52. The number of rotatable bonds is 10. The molecule has 2 bridgehead atoms. The van der Waals surface area contributed by atoms with E-state index in [2.05, 4.69) is 21.3 Å². The van der Waals surface area contributed by atoms with Gasteiger partial charge in [0, 0.05) is 19.2 Å². The van der Waals surface area contributed by atoms with Crippen LogP contribution in [-0.4, -0.2) is 72.4 Å². The number of benzene rings is 3. The van der Waals surface area contributed by atoms with Crippen LogP contribution in [-0.2, 0) is 32.0 Å². The zero-order valence-corrected chi connectivity index (χ0v) is 29.4. The molecule has 0 aliphatic carbocycles. The Balaban J connectivity index is 1.44. The maximum atomic E-state index is 14.4. The topological polar surface area (TPSA) is 129 Å². The van der Waals surface area contributed by atoms with Crippen LogP contribution in [0, 0.1) is 5.92 Å². The van der Waals surface area contributed by atoms with Crippen LogP contribution in [0.3, 0.4) is 0 Å². The van der Waals surface area contributed by atoms with E-state index in [1.807, 2.05) is 106 Å². The van der Waals surface area contributed by atoms with E-state index >= 15 is 0 Å². The van der Waals surface area contributed by atoms with Crippen LogP contribution in [0.15, 0.2) is 91.1 Å². The minimum atomic E-state index is -1.17. The second-order valence-corrected chi connectivity index (χ2v) is 13.3. The Hall–Kier alpha value is -4.96. The average Bonchev–Trinajstić information content (AvgIpc) is 3.63. The van der Waals surface area contributed by atoms with Crippen molar-refractivity contribution in [2.75, 3.05) is 13.6 Å². The Bertz CT molecular complexity index is 1640. The molecule has 0 radical (unpaired) electrons. The Kier molecular flexibility index (Phi) is 12.4. The summed E-state index contributed by atoms with van der Waals surface area (Å²) in [4.78, 5) is 57.7. The summed E-state index contributed by atoms with van der Waals surface area (Å²) < 4.78 is 6.48. The van der Waals surface area contributed by atoms with E-state index in [1.54, 1.807) is 18.1 Å². The molecule has 5 atom stereocenters. The number of carbonyl (C=O) groups excluding carboxylic acids is 4. The van der Waals surface area contributed by atoms with Gasteiger partial charge in [0.2, 0.25) is 23.6 Å². The van der Waals surface area contributed by atoms with Gasteiger partial charge in [0.25, 0.3) is 0 Å². The molecular weight excluding hydrogens is 630 g/mol. The molecule has 0 saturated carbocycles. The molecule has 50 heavy (non-hydrogen) atoms. The largest absolute Gasteiger partial charge is 0.487 e. The van der Waals surface area contributed by atoms with Gasteiger partial charge in [-0.3, -0.25) is 19.2 Å². The zero-order valence-electron chi connectivity index (χ0n) is 29.4. The standard InChI is InChI=1S/C40H49N5O5/c1-5-29-25-42-37(46)32(23-27-13-8-6-9-14-27)43-39(48)35(36(26(2)3)50-31-20-18-30(29)19-21-31)44-38(47)34-17-12-22-45(34)40(49)33(41-4)24-28-15-10-7-11-16-28/h6-11,13-16,18-21,25-26,32-36,41H,5,12,17,22-24H2,1-4H3,(H,42,46)(H,43,48)(H,44,47)/b29-25-/t32-,33+,34+,35+,36+/m1/s1. The molecule has 10 nitrogen and oxygen atoms in total. The monoisotopic (exact) mass is 679 g/mol. The highest BCUT2D eigenvalue weighted by molar-refractivity contribution is 5.96. The molecule has 10 heteroatoms. The van der Waals surface area contributed by atoms with Crippen LogP contribution in [0.1, 0.15) is 56.7 Å². The molecule has 3 aliphatic heterocycles. The first-order chi connectivity index (χ1) is 24.2. The van der Waals surface area contributed by atoms with Crippen molar-refractivity contribution >= 4 is 29.2 Å². The first-order valence-corrected chi connectivity index (χ1v) is 17.6. The maximum Gasteiger partial charge on any atom is 0.247 e. The lowest BCUT2D eigenvalue weighted by atomic mass is 9.96. The summed E-state index contributed by atoms with van der Waals surface area (Å²) in [5, 5.41) is 12.0. The Morgan fingerprint density at radius 3 is 2.20 bits per heavy atom. The van der Waals surface area contributed by atoms with Crippen molar-refractivity contribution in [1.82, 2.24) is 26.2 Å². The summed E-state index contributed by atoms with van der Waals surface area (Å²) in [5.74, 6) is -1.19. The highest BCUT2D eigenvalue weighted by atomic mass is 16.5. The fourth-order valence-electron chi connectivity index (χ4n) is 6.67. The van der Waals surface area contributed by atoms with Crippen LogP contribution < -0.4 is 26.0 Å². The number of hydrogen-bond donors (Lipinski definition) is 4. The SMILES string of the molecule is CC/C1=C/NC(=O)[C@@H](Cc2ccccc2)NC(=O)[C@@H](NC(=O)[C@@H]2CCCN2C(=O)[C@H](Cc2ccccc2)NC)[C@H](C(C)C)Oc2ccc1cc2. The summed E-state index contributed by atoms with van der Waals surface area (Å²) in [6.45, 7) is 6.29. The Morgan fingerprint density at radius 2 is 1.58 bits per heavy atom. The molecule has 3 aromatic rings. The molecule has 4 amide bonds. The fraction of sp³-hybridized carbons (Fsp3) is 0.400. The molecule has 264 valence electrons. The van der Waals surface area contributed by atoms with Crippen molar-refractivity contribution in [2.24, 2.45) is 5.92 Å². The lowest BCUT2D eigenvalue weighted by molar-refractivity contribution is -0.142. The number of hydrogen-bond acceptors (Lipinski definition) is 6. The van der Waals surface area contributed by atoms with Crippen molar-refractivity contribution in [3.8, 4) is 5.75 Å². The van der Waals surface area contributed by atoms with E-state index in [9.17, 15) is 19.2 Å². The lowest BCUT2D eigenvalue weighted by Crippen LogP contribution is -2.62. The van der Waals surface area contributed by atoms with Gasteiger partial charge in [-0.15, -0.1) is 0 Å². The number of fused-ring (bicyclic) bond motifs is 10. The summed E-state index contributed by atoms with van der Waals surface area (Å²) in [5.41, 5.74) is 3.75. The normalized spacial score (nSPS) is 22.8. The van der Waals surface area contributed by atoms with Gasteiger partial charge in [-0.2, -0.15) is 0 Å². The molecule has 0 spiro atoms. The van der Waals surface area contributed by atoms with Gasteiger partial charge in [0.05, 0.1) is 6.04 Å². The predicted molar refractivity (Wildman–Crippen MR) is 194 cm³/mol. The second-order valence-electron chi connectivity index (χ2n) is 13.3. The van der Waals surface area contributed by atoms with Crippen LogP contribution >= 0.6 is 0 Å². The first kappa shape index (κ1) is 36.3.